The molecule has 2 rings (SSSR count). The van der Waals surface area contributed by atoms with Crippen molar-refractivity contribution in [2.75, 3.05) is 75.6 Å². The van der Waals surface area contributed by atoms with Crippen LogP contribution in [-0.2, 0) is 9.59 Å². The topological polar surface area (TPSA) is 319 Å². The highest BCUT2D eigenvalue weighted by Gasteiger charge is 2.34. The Morgan fingerprint density at radius 3 is 1.26 bits per heavy atom. The maximum absolute atomic E-state index is 13.5. The Hall–Kier alpha value is -2.87. The van der Waals surface area contributed by atoms with E-state index in [1.54, 1.807) is 67.8 Å². The molecule has 58 heavy (non-hydrogen) atoms. The standard InChI is InChI=1S/C35H47I3N6O14/c1-16-23(32(55)39-4-6-45)17(2)30(28(37)24(16)34(57)41-19(10-47)11-48)43(14-51)8-21(53)22(54)9-44(15-52)31-18(3)25(35(58)42-20(12-49)13-50)27(36)26(29(31)38)33(56)40-5-7-46/h14-15,19-22,45-50,53-54H,4-13H2,1-3H3,(H,39,55)(H,40,56)(H,41,57)(H,42,58). The second kappa shape index (κ2) is 24.4. The minimum Gasteiger partial charge on any atom is -0.395 e. The number of nitrogens with zero attached hydrogens (tertiary/aromatic N) is 2. The summed E-state index contributed by atoms with van der Waals surface area (Å²) in [5.41, 5.74) is 0.0572. The van der Waals surface area contributed by atoms with Crippen molar-refractivity contribution in [3.63, 3.8) is 0 Å². The Kier molecular flexibility index (Phi) is 21.6. The van der Waals surface area contributed by atoms with Gasteiger partial charge < -0.3 is 71.9 Å². The molecule has 0 saturated carbocycles. The summed E-state index contributed by atoms with van der Waals surface area (Å²) in [6.07, 6.45) is -3.08. The molecule has 0 saturated heterocycles. The average Bonchev–Trinajstić information content (AvgIpc) is 3.18. The Bertz CT molecular complexity index is 1700. The van der Waals surface area contributed by atoms with Crippen LogP contribution >= 0.6 is 67.8 Å². The molecule has 6 amide bonds. The summed E-state index contributed by atoms with van der Waals surface area (Å²) in [6.45, 7) is -0.553. The van der Waals surface area contributed by atoms with E-state index in [4.69, 9.17) is 0 Å². The fourth-order valence-corrected chi connectivity index (χ4v) is 10.1. The quantitative estimate of drug-likeness (QED) is 0.0401. The molecule has 0 fully saturated rings. The molecule has 0 radical (unpaired) electrons. The lowest BCUT2D eigenvalue weighted by atomic mass is 9.93. The Balaban J connectivity index is 2.70. The maximum Gasteiger partial charge on any atom is 0.253 e. The predicted molar refractivity (Wildman–Crippen MR) is 234 cm³/mol. The maximum atomic E-state index is 13.5. The molecule has 23 heteroatoms. The molecule has 2 atom stereocenters. The van der Waals surface area contributed by atoms with Gasteiger partial charge in [-0.1, -0.05) is 0 Å². The highest BCUT2D eigenvalue weighted by atomic mass is 127. The summed E-state index contributed by atoms with van der Waals surface area (Å²) in [6, 6.07) is -2.15. The van der Waals surface area contributed by atoms with Crippen LogP contribution in [0.1, 0.15) is 58.1 Å². The first-order valence-corrected chi connectivity index (χ1v) is 20.7. The number of carbonyl (C=O) groups is 6. The van der Waals surface area contributed by atoms with E-state index in [1.165, 1.54) is 20.8 Å². The molecule has 0 aliphatic carbocycles. The van der Waals surface area contributed by atoms with E-state index in [9.17, 15) is 69.6 Å². The van der Waals surface area contributed by atoms with Crippen LogP contribution in [-0.4, -0.2) is 167 Å². The van der Waals surface area contributed by atoms with Crippen LogP contribution in [0.5, 0.6) is 0 Å². The van der Waals surface area contributed by atoms with Crippen molar-refractivity contribution in [1.82, 2.24) is 21.3 Å². The number of halogens is 3. The molecule has 20 nitrogen and oxygen atoms in total. The fourth-order valence-electron chi connectivity index (χ4n) is 5.87. The molecule has 2 aromatic carbocycles. The van der Waals surface area contributed by atoms with Crippen molar-refractivity contribution in [3.8, 4) is 0 Å². The molecular weight excluding hydrogens is 1110 g/mol. The number of carbonyl (C=O) groups excluding carboxylic acids is 6. The number of aliphatic hydroxyl groups excluding tert-OH is 8. The van der Waals surface area contributed by atoms with Crippen molar-refractivity contribution in [3.05, 3.63) is 49.7 Å². The third kappa shape index (κ3) is 12.1. The summed E-state index contributed by atoms with van der Waals surface area (Å²) in [7, 11) is 0. The van der Waals surface area contributed by atoms with Gasteiger partial charge in [-0.05, 0) is 105 Å². The smallest absolute Gasteiger partial charge is 0.253 e. The van der Waals surface area contributed by atoms with Crippen LogP contribution in [0.4, 0.5) is 11.4 Å². The summed E-state index contributed by atoms with van der Waals surface area (Å²) in [5.74, 6) is -3.08. The number of anilines is 2. The van der Waals surface area contributed by atoms with E-state index in [0.29, 0.717) is 0 Å². The molecule has 0 spiro atoms. The molecular formula is C35H47I3N6O14. The third-order valence-electron chi connectivity index (χ3n) is 8.80. The van der Waals surface area contributed by atoms with Crippen molar-refractivity contribution in [1.29, 1.82) is 0 Å². The second-order valence-electron chi connectivity index (χ2n) is 12.7. The van der Waals surface area contributed by atoms with Crippen molar-refractivity contribution < 1.29 is 69.6 Å². The first-order chi connectivity index (χ1) is 27.5. The number of hydrogen-bond donors (Lipinski definition) is 12. The summed E-state index contributed by atoms with van der Waals surface area (Å²) in [4.78, 5) is 81.0. The largest absolute Gasteiger partial charge is 0.395 e. The van der Waals surface area contributed by atoms with Crippen LogP contribution in [0.15, 0.2) is 0 Å². The van der Waals surface area contributed by atoms with Crippen molar-refractivity contribution in [2.24, 2.45) is 0 Å². The first kappa shape index (κ1) is 51.3. The van der Waals surface area contributed by atoms with E-state index in [1.807, 2.05) is 0 Å². The van der Waals surface area contributed by atoms with Gasteiger partial charge in [0, 0.05) is 22.2 Å². The van der Waals surface area contributed by atoms with Crippen LogP contribution in [0.3, 0.4) is 0 Å². The molecule has 2 unspecified atom stereocenters. The Morgan fingerprint density at radius 2 is 0.897 bits per heavy atom. The van der Waals surface area contributed by atoms with E-state index in [-0.39, 0.29) is 86.9 Å². The number of rotatable bonds is 23. The average molecular weight is 1160 g/mol. The monoisotopic (exact) mass is 1160 g/mol. The van der Waals surface area contributed by atoms with Gasteiger partial charge >= 0.3 is 0 Å². The molecule has 0 bridgehead atoms. The highest BCUT2D eigenvalue weighted by molar-refractivity contribution is 14.1. The van der Waals surface area contributed by atoms with Crippen LogP contribution in [0.2, 0.25) is 0 Å². The minimum absolute atomic E-state index is 0.0233. The molecule has 12 N–H and O–H groups in total. The predicted octanol–water partition coefficient (Wildman–Crippen LogP) is -2.62. The van der Waals surface area contributed by atoms with Gasteiger partial charge in [-0.15, -0.1) is 0 Å². The van der Waals surface area contributed by atoms with Gasteiger partial charge in [-0.2, -0.15) is 0 Å². The van der Waals surface area contributed by atoms with E-state index in [2.05, 4.69) is 21.3 Å². The number of aliphatic hydroxyl groups is 8. The van der Waals surface area contributed by atoms with Gasteiger partial charge in [-0.3, -0.25) is 28.8 Å². The first-order valence-electron chi connectivity index (χ1n) is 17.4. The molecule has 0 aliphatic rings. The van der Waals surface area contributed by atoms with Gasteiger partial charge in [0.2, 0.25) is 12.8 Å². The Labute approximate surface area is 374 Å². The van der Waals surface area contributed by atoms with Crippen LogP contribution in [0.25, 0.3) is 0 Å². The Morgan fingerprint density at radius 1 is 0.552 bits per heavy atom. The lowest BCUT2D eigenvalue weighted by Gasteiger charge is -2.31. The summed E-state index contributed by atoms with van der Waals surface area (Å²) >= 11 is 5.30. The second-order valence-corrected chi connectivity index (χ2v) is 15.9. The molecule has 0 aromatic heterocycles. The molecule has 0 aliphatic heterocycles. The lowest BCUT2D eigenvalue weighted by Crippen LogP contribution is -2.46. The summed E-state index contributed by atoms with van der Waals surface area (Å²) < 4.78 is 0.388. The highest BCUT2D eigenvalue weighted by Crippen LogP contribution is 2.38. The van der Waals surface area contributed by atoms with Gasteiger partial charge in [-0.25, -0.2) is 0 Å². The zero-order valence-corrected chi connectivity index (χ0v) is 38.1. The van der Waals surface area contributed by atoms with Crippen LogP contribution in [0, 0.1) is 31.5 Å². The van der Waals surface area contributed by atoms with E-state index < -0.39 is 101 Å². The van der Waals surface area contributed by atoms with Gasteiger partial charge in [0.05, 0.1) is 112 Å². The number of amides is 6. The van der Waals surface area contributed by atoms with Crippen molar-refractivity contribution >= 4 is 116 Å². The minimum atomic E-state index is -1.83. The van der Waals surface area contributed by atoms with Crippen molar-refractivity contribution in [2.45, 2.75) is 45.1 Å². The third-order valence-corrected chi connectivity index (χ3v) is 12.0. The normalized spacial score (nSPS) is 12.2. The van der Waals surface area contributed by atoms with Crippen LogP contribution < -0.4 is 31.1 Å². The lowest BCUT2D eigenvalue weighted by molar-refractivity contribution is -0.109. The molecule has 2 aromatic rings. The van der Waals surface area contributed by atoms with Gasteiger partial charge in [0.15, 0.2) is 0 Å². The number of hydrogen-bond acceptors (Lipinski definition) is 14. The number of nitrogens with one attached hydrogen (secondary N) is 4. The number of benzene rings is 2. The fraction of sp³-hybridized carbons (Fsp3) is 0.486. The zero-order valence-electron chi connectivity index (χ0n) is 31.6. The zero-order chi connectivity index (χ0) is 44.0. The van der Waals surface area contributed by atoms with E-state index in [0.717, 1.165) is 9.80 Å². The SMILES string of the molecule is Cc1c(C(=O)NCCO)c(C)c(N(C=O)CC(O)C(O)CN(C=O)c2c(C)c(C(=O)NC(CO)CO)c(I)c(C(=O)NCCO)c2I)c(I)c1C(=O)NC(CO)CO. The summed E-state index contributed by atoms with van der Waals surface area (Å²) in [5, 5.41) is 89.5. The van der Waals surface area contributed by atoms with Gasteiger partial charge in [0.25, 0.3) is 23.6 Å². The molecule has 322 valence electrons. The molecule has 0 heterocycles. The van der Waals surface area contributed by atoms with E-state index >= 15 is 0 Å². The van der Waals surface area contributed by atoms with Gasteiger partial charge in [0.1, 0.15) is 0 Å².